The largest absolute Gasteiger partial charge is 0.387 e. The number of benzene rings is 1. The van der Waals surface area contributed by atoms with Crippen molar-refractivity contribution in [1.82, 2.24) is 14.9 Å². The number of aryl methyl sites for hydroxylation is 1. The van der Waals surface area contributed by atoms with Crippen molar-refractivity contribution in [3.63, 3.8) is 0 Å². The lowest BCUT2D eigenvalue weighted by molar-refractivity contribution is 0.175. The van der Waals surface area contributed by atoms with Gasteiger partial charge in [0.05, 0.1) is 6.10 Å². The summed E-state index contributed by atoms with van der Waals surface area (Å²) in [6.45, 7) is 5.71. The summed E-state index contributed by atoms with van der Waals surface area (Å²) in [6, 6.07) is 8.22. The van der Waals surface area contributed by atoms with Gasteiger partial charge in [-0.1, -0.05) is 38.1 Å². The Labute approximate surface area is 126 Å². The maximum atomic E-state index is 10.2. The number of hydrogen-bond donors (Lipinski definition) is 2. The molecule has 2 N–H and O–H groups in total. The van der Waals surface area contributed by atoms with E-state index >= 15 is 0 Å². The third kappa shape index (κ3) is 4.41. The van der Waals surface area contributed by atoms with Crippen molar-refractivity contribution in [3.05, 3.63) is 53.6 Å². The van der Waals surface area contributed by atoms with E-state index in [9.17, 15) is 5.11 Å². The van der Waals surface area contributed by atoms with Gasteiger partial charge in [-0.3, -0.25) is 0 Å². The normalized spacial score (nSPS) is 12.8. The first-order valence-electron chi connectivity index (χ1n) is 7.52. The molecule has 0 spiro atoms. The Bertz CT molecular complexity index is 545. The number of nitrogens with one attached hydrogen (secondary N) is 1. The third-order valence-electron chi connectivity index (χ3n) is 3.77. The molecule has 0 radical (unpaired) electrons. The third-order valence-corrected chi connectivity index (χ3v) is 3.77. The minimum Gasteiger partial charge on any atom is -0.387 e. The van der Waals surface area contributed by atoms with Crippen LogP contribution in [-0.4, -0.2) is 27.7 Å². The minimum absolute atomic E-state index is 0.465. The van der Waals surface area contributed by atoms with Crippen LogP contribution in [0, 0.1) is 0 Å². The van der Waals surface area contributed by atoms with Gasteiger partial charge in [0.2, 0.25) is 0 Å². The molecule has 0 saturated heterocycles. The number of aliphatic hydroxyl groups is 1. The van der Waals surface area contributed by atoms with Crippen LogP contribution in [0.15, 0.2) is 36.7 Å². The van der Waals surface area contributed by atoms with Crippen molar-refractivity contribution in [1.29, 1.82) is 0 Å². The molecule has 4 heteroatoms. The quantitative estimate of drug-likeness (QED) is 0.769. The topological polar surface area (TPSA) is 50.1 Å². The number of imidazole rings is 1. The number of aliphatic hydroxyl groups excluding tert-OH is 1. The van der Waals surface area contributed by atoms with E-state index in [0.717, 1.165) is 24.4 Å². The lowest BCUT2D eigenvalue weighted by Gasteiger charge is -2.13. The van der Waals surface area contributed by atoms with Crippen LogP contribution in [0.1, 0.15) is 42.8 Å². The van der Waals surface area contributed by atoms with E-state index in [2.05, 4.69) is 36.3 Å². The van der Waals surface area contributed by atoms with Crippen molar-refractivity contribution in [2.45, 2.75) is 32.3 Å². The van der Waals surface area contributed by atoms with Crippen molar-refractivity contribution in [3.8, 4) is 0 Å². The van der Waals surface area contributed by atoms with E-state index in [0.29, 0.717) is 12.5 Å². The van der Waals surface area contributed by atoms with Crippen molar-refractivity contribution >= 4 is 0 Å². The zero-order valence-corrected chi connectivity index (χ0v) is 13.1. The first-order chi connectivity index (χ1) is 10.1. The van der Waals surface area contributed by atoms with Crippen LogP contribution < -0.4 is 5.32 Å². The highest BCUT2D eigenvalue weighted by Gasteiger charge is 2.08. The maximum absolute atomic E-state index is 10.2. The standard InChI is InChI=1S/C17H25N3O/c1-13(2)14-4-6-15(7-5-14)16(21)12-18-9-8-17-19-10-11-20(17)3/h4-7,10-11,13,16,18,21H,8-9,12H2,1-3H3. The van der Waals surface area contributed by atoms with Crippen molar-refractivity contribution in [2.24, 2.45) is 7.05 Å². The second-order valence-corrected chi connectivity index (χ2v) is 5.75. The van der Waals surface area contributed by atoms with Gasteiger partial charge in [0.15, 0.2) is 0 Å². The zero-order valence-electron chi connectivity index (χ0n) is 13.1. The monoisotopic (exact) mass is 287 g/mol. The molecule has 2 rings (SSSR count). The molecule has 1 aromatic carbocycles. The van der Waals surface area contributed by atoms with Gasteiger partial charge in [-0.05, 0) is 17.0 Å². The SMILES string of the molecule is CC(C)c1ccc(C(O)CNCCc2nccn2C)cc1. The molecular weight excluding hydrogens is 262 g/mol. The Kier molecular flexibility index (Phi) is 5.53. The predicted octanol–water partition coefficient (Wildman–Crippen LogP) is 2.41. The summed E-state index contributed by atoms with van der Waals surface area (Å²) in [7, 11) is 1.99. The van der Waals surface area contributed by atoms with Crippen LogP contribution in [0.3, 0.4) is 0 Å². The second-order valence-electron chi connectivity index (χ2n) is 5.75. The average molecular weight is 287 g/mol. The fourth-order valence-electron chi connectivity index (χ4n) is 2.30. The summed E-state index contributed by atoms with van der Waals surface area (Å²) < 4.78 is 2.02. The minimum atomic E-state index is -0.465. The summed E-state index contributed by atoms with van der Waals surface area (Å²) in [5, 5.41) is 13.5. The summed E-state index contributed by atoms with van der Waals surface area (Å²) in [4.78, 5) is 4.28. The van der Waals surface area contributed by atoms with E-state index in [-0.39, 0.29) is 0 Å². The molecule has 4 nitrogen and oxygen atoms in total. The maximum Gasteiger partial charge on any atom is 0.109 e. The summed E-state index contributed by atoms with van der Waals surface area (Å²) in [5.74, 6) is 1.57. The van der Waals surface area contributed by atoms with Gasteiger partial charge in [-0.2, -0.15) is 0 Å². The second kappa shape index (κ2) is 7.38. The zero-order chi connectivity index (χ0) is 15.2. The molecule has 1 aromatic heterocycles. The molecular formula is C17H25N3O. The van der Waals surface area contributed by atoms with E-state index in [4.69, 9.17) is 0 Å². The molecule has 0 aliphatic rings. The van der Waals surface area contributed by atoms with E-state index in [1.54, 1.807) is 6.20 Å². The van der Waals surface area contributed by atoms with Crippen LogP contribution in [0.25, 0.3) is 0 Å². The van der Waals surface area contributed by atoms with Crippen LogP contribution in [0.4, 0.5) is 0 Å². The Morgan fingerprint density at radius 1 is 1.19 bits per heavy atom. The Balaban J connectivity index is 1.76. The van der Waals surface area contributed by atoms with E-state index in [1.807, 2.05) is 29.9 Å². The van der Waals surface area contributed by atoms with Crippen LogP contribution >= 0.6 is 0 Å². The van der Waals surface area contributed by atoms with Gasteiger partial charge >= 0.3 is 0 Å². The molecule has 1 atom stereocenters. The molecule has 0 bridgehead atoms. The highest BCUT2D eigenvalue weighted by Crippen LogP contribution is 2.18. The van der Waals surface area contributed by atoms with Gasteiger partial charge in [-0.25, -0.2) is 4.98 Å². The first kappa shape index (κ1) is 15.7. The van der Waals surface area contributed by atoms with Crippen LogP contribution in [0.5, 0.6) is 0 Å². The molecule has 0 fully saturated rings. The van der Waals surface area contributed by atoms with Gasteiger partial charge in [0.1, 0.15) is 5.82 Å². The summed E-state index contributed by atoms with van der Waals surface area (Å²) >= 11 is 0. The fraction of sp³-hybridized carbons (Fsp3) is 0.471. The Morgan fingerprint density at radius 2 is 1.86 bits per heavy atom. The molecule has 0 aliphatic carbocycles. The Morgan fingerprint density at radius 3 is 2.43 bits per heavy atom. The predicted molar refractivity (Wildman–Crippen MR) is 85.3 cm³/mol. The lowest BCUT2D eigenvalue weighted by Crippen LogP contribution is -2.24. The van der Waals surface area contributed by atoms with E-state index < -0.39 is 6.10 Å². The molecule has 114 valence electrons. The van der Waals surface area contributed by atoms with E-state index in [1.165, 1.54) is 5.56 Å². The van der Waals surface area contributed by atoms with Crippen molar-refractivity contribution in [2.75, 3.05) is 13.1 Å². The van der Waals surface area contributed by atoms with Gasteiger partial charge in [0.25, 0.3) is 0 Å². The van der Waals surface area contributed by atoms with Gasteiger partial charge in [0, 0.05) is 39.0 Å². The molecule has 21 heavy (non-hydrogen) atoms. The summed E-state index contributed by atoms with van der Waals surface area (Å²) in [6.07, 6.45) is 4.15. The number of hydrogen-bond acceptors (Lipinski definition) is 3. The number of nitrogens with zero attached hydrogens (tertiary/aromatic N) is 2. The molecule has 1 unspecified atom stereocenters. The highest BCUT2D eigenvalue weighted by atomic mass is 16.3. The van der Waals surface area contributed by atoms with Crippen LogP contribution in [0.2, 0.25) is 0 Å². The van der Waals surface area contributed by atoms with Crippen molar-refractivity contribution < 1.29 is 5.11 Å². The average Bonchev–Trinajstić information content (AvgIpc) is 2.89. The fourth-order valence-corrected chi connectivity index (χ4v) is 2.30. The van der Waals surface area contributed by atoms with Crippen LogP contribution in [-0.2, 0) is 13.5 Å². The number of rotatable bonds is 7. The molecule has 0 saturated carbocycles. The molecule has 2 aromatic rings. The molecule has 0 aliphatic heterocycles. The molecule has 0 amide bonds. The smallest absolute Gasteiger partial charge is 0.109 e. The molecule has 1 heterocycles. The summed E-state index contributed by atoms with van der Waals surface area (Å²) in [5.41, 5.74) is 2.26. The Hall–Kier alpha value is -1.65. The first-order valence-corrected chi connectivity index (χ1v) is 7.52. The van der Waals surface area contributed by atoms with Gasteiger partial charge in [-0.15, -0.1) is 0 Å². The van der Waals surface area contributed by atoms with Gasteiger partial charge < -0.3 is 15.0 Å². The highest BCUT2D eigenvalue weighted by molar-refractivity contribution is 5.26. The number of aromatic nitrogens is 2. The lowest BCUT2D eigenvalue weighted by atomic mass is 10.00.